The molecule has 1 saturated heterocycles. The van der Waals surface area contributed by atoms with Crippen molar-refractivity contribution in [2.24, 2.45) is 5.92 Å². The van der Waals surface area contributed by atoms with E-state index >= 15 is 0 Å². The van der Waals surface area contributed by atoms with Gasteiger partial charge in [-0.3, -0.25) is 14.5 Å². The van der Waals surface area contributed by atoms with Gasteiger partial charge in [0.25, 0.3) is 5.91 Å². The first kappa shape index (κ1) is 18.9. The highest BCUT2D eigenvalue weighted by molar-refractivity contribution is 6.05. The van der Waals surface area contributed by atoms with Crippen LogP contribution in [0.15, 0.2) is 30.3 Å². The van der Waals surface area contributed by atoms with Gasteiger partial charge in [-0.15, -0.1) is 0 Å². The maximum absolute atomic E-state index is 12.4. The summed E-state index contributed by atoms with van der Waals surface area (Å²) in [6.07, 6.45) is 0.679. The zero-order valence-corrected chi connectivity index (χ0v) is 14.6. The Balaban J connectivity index is 1.94. The van der Waals surface area contributed by atoms with E-state index < -0.39 is 18.0 Å². The van der Waals surface area contributed by atoms with Gasteiger partial charge in [0.2, 0.25) is 5.91 Å². The Hall–Kier alpha value is -2.41. The summed E-state index contributed by atoms with van der Waals surface area (Å²) < 4.78 is 0. The molecule has 1 aromatic rings. The lowest BCUT2D eigenvalue weighted by Gasteiger charge is -2.22. The minimum atomic E-state index is -0.868. The van der Waals surface area contributed by atoms with Crippen molar-refractivity contribution in [3.63, 3.8) is 0 Å². The molecule has 0 unspecified atom stereocenters. The van der Waals surface area contributed by atoms with Crippen LogP contribution in [-0.2, 0) is 16.1 Å². The summed E-state index contributed by atoms with van der Waals surface area (Å²) in [7, 11) is 0. The van der Waals surface area contributed by atoms with Crippen molar-refractivity contribution in [1.29, 1.82) is 0 Å². The molecule has 1 aliphatic heterocycles. The summed E-state index contributed by atoms with van der Waals surface area (Å²) in [5.41, 5.74) is 0.841. The molecular formula is C18H25N3O4. The number of hydrogen-bond donors (Lipinski definition) is 3. The maximum atomic E-state index is 12.4. The van der Waals surface area contributed by atoms with E-state index in [1.807, 2.05) is 44.2 Å². The molecule has 7 nitrogen and oxygen atoms in total. The Labute approximate surface area is 147 Å². The van der Waals surface area contributed by atoms with E-state index in [2.05, 4.69) is 10.6 Å². The molecule has 3 atom stereocenters. The minimum absolute atomic E-state index is 0.123. The third-order valence-corrected chi connectivity index (χ3v) is 4.55. The van der Waals surface area contributed by atoms with Gasteiger partial charge in [0.05, 0.1) is 25.6 Å². The van der Waals surface area contributed by atoms with Crippen LogP contribution in [0.4, 0.5) is 4.79 Å². The molecule has 0 radical (unpaired) electrons. The molecule has 1 aromatic carbocycles. The number of imide groups is 1. The number of hydrogen-bond acceptors (Lipinski definition) is 4. The van der Waals surface area contributed by atoms with E-state index in [9.17, 15) is 19.5 Å². The second-order valence-electron chi connectivity index (χ2n) is 6.36. The van der Waals surface area contributed by atoms with Crippen molar-refractivity contribution < 1.29 is 19.5 Å². The van der Waals surface area contributed by atoms with E-state index in [-0.39, 0.29) is 37.4 Å². The summed E-state index contributed by atoms with van der Waals surface area (Å²) in [4.78, 5) is 37.7. The largest absolute Gasteiger partial charge is 0.394 e. The summed E-state index contributed by atoms with van der Waals surface area (Å²) in [5.74, 6) is -0.648. The molecule has 3 N–H and O–H groups in total. The topological polar surface area (TPSA) is 98.7 Å². The van der Waals surface area contributed by atoms with Crippen LogP contribution in [0.25, 0.3) is 0 Å². The van der Waals surface area contributed by atoms with Crippen molar-refractivity contribution in [2.75, 3.05) is 6.61 Å². The Morgan fingerprint density at radius 1 is 1.32 bits per heavy atom. The van der Waals surface area contributed by atoms with Gasteiger partial charge in [-0.2, -0.15) is 0 Å². The molecule has 7 heteroatoms. The number of carbonyl (C=O) groups excluding carboxylic acids is 3. The predicted octanol–water partition coefficient (Wildman–Crippen LogP) is 1.02. The fourth-order valence-electron chi connectivity index (χ4n) is 2.73. The fraction of sp³-hybridized carbons (Fsp3) is 0.500. The van der Waals surface area contributed by atoms with E-state index in [4.69, 9.17) is 0 Å². The van der Waals surface area contributed by atoms with Crippen LogP contribution < -0.4 is 10.6 Å². The molecule has 2 rings (SSSR count). The number of nitrogens with one attached hydrogen (secondary N) is 2. The van der Waals surface area contributed by atoms with Crippen LogP contribution in [0.1, 0.15) is 32.3 Å². The smallest absolute Gasteiger partial charge is 0.325 e. The van der Waals surface area contributed by atoms with Crippen LogP contribution in [0.2, 0.25) is 0 Å². The molecule has 0 spiro atoms. The molecule has 0 saturated carbocycles. The lowest BCUT2D eigenvalue weighted by Crippen LogP contribution is -2.44. The van der Waals surface area contributed by atoms with Crippen LogP contribution in [-0.4, -0.2) is 46.5 Å². The van der Waals surface area contributed by atoms with Gasteiger partial charge in [-0.1, -0.05) is 50.6 Å². The average molecular weight is 347 g/mol. The molecule has 25 heavy (non-hydrogen) atoms. The Morgan fingerprint density at radius 3 is 2.60 bits per heavy atom. The first-order chi connectivity index (χ1) is 12.0. The predicted molar refractivity (Wildman–Crippen MR) is 92.4 cm³/mol. The van der Waals surface area contributed by atoms with E-state index in [1.165, 1.54) is 0 Å². The molecule has 1 fully saturated rings. The van der Waals surface area contributed by atoms with Gasteiger partial charge in [0.1, 0.15) is 6.04 Å². The van der Waals surface area contributed by atoms with Crippen LogP contribution in [0.5, 0.6) is 0 Å². The number of rotatable bonds is 8. The zero-order valence-electron chi connectivity index (χ0n) is 14.6. The summed E-state index contributed by atoms with van der Waals surface area (Å²) in [6.45, 7) is 3.93. The van der Waals surface area contributed by atoms with Crippen molar-refractivity contribution >= 4 is 17.8 Å². The molecule has 1 aliphatic rings. The first-order valence-corrected chi connectivity index (χ1v) is 8.52. The van der Waals surface area contributed by atoms with Gasteiger partial charge in [0.15, 0.2) is 0 Å². The number of nitrogens with zero attached hydrogens (tertiary/aromatic N) is 1. The summed E-state index contributed by atoms with van der Waals surface area (Å²) >= 11 is 0. The zero-order chi connectivity index (χ0) is 18.4. The number of carbonyl (C=O) groups is 3. The average Bonchev–Trinajstić information content (AvgIpc) is 2.87. The molecule has 0 bridgehead atoms. The molecule has 0 aliphatic carbocycles. The highest BCUT2D eigenvalue weighted by Gasteiger charge is 2.39. The second kappa shape index (κ2) is 8.62. The first-order valence-electron chi connectivity index (χ1n) is 8.52. The Morgan fingerprint density at radius 2 is 2.00 bits per heavy atom. The lowest BCUT2D eigenvalue weighted by molar-refractivity contribution is -0.131. The Bertz CT molecular complexity index is 620. The third-order valence-electron chi connectivity index (χ3n) is 4.55. The standard InChI is InChI=1S/C18H25N3O4/c1-3-12(2)15(11-22)19-16(23)9-14-17(24)21(18(25)20-14)10-13-7-5-4-6-8-13/h4-8,12,14-15,22H,3,9-11H2,1-2H3,(H,19,23)(H,20,25)/t12-,14+,15-/m0/s1. The number of benzene rings is 1. The molecule has 1 heterocycles. The number of aliphatic hydroxyl groups is 1. The van der Waals surface area contributed by atoms with Crippen molar-refractivity contribution in [3.8, 4) is 0 Å². The van der Waals surface area contributed by atoms with Gasteiger partial charge in [0, 0.05) is 0 Å². The molecule has 4 amide bonds. The number of aliphatic hydroxyl groups excluding tert-OH is 1. The quantitative estimate of drug-likeness (QED) is 0.612. The van der Waals surface area contributed by atoms with E-state index in [0.717, 1.165) is 16.9 Å². The third kappa shape index (κ3) is 4.79. The molecule has 0 aromatic heterocycles. The van der Waals surface area contributed by atoms with Gasteiger partial charge in [-0.05, 0) is 11.5 Å². The highest BCUT2D eigenvalue weighted by Crippen LogP contribution is 2.14. The maximum Gasteiger partial charge on any atom is 0.325 e. The SMILES string of the molecule is CC[C@H](C)[C@H](CO)NC(=O)C[C@H]1NC(=O)N(Cc2ccccc2)C1=O. The van der Waals surface area contributed by atoms with Crippen LogP contribution in [0, 0.1) is 5.92 Å². The van der Waals surface area contributed by atoms with Crippen molar-refractivity contribution in [1.82, 2.24) is 15.5 Å². The van der Waals surface area contributed by atoms with Gasteiger partial charge >= 0.3 is 6.03 Å². The monoisotopic (exact) mass is 347 g/mol. The minimum Gasteiger partial charge on any atom is -0.394 e. The Kier molecular flexibility index (Phi) is 6.52. The highest BCUT2D eigenvalue weighted by atomic mass is 16.3. The van der Waals surface area contributed by atoms with Gasteiger partial charge in [-0.25, -0.2) is 4.79 Å². The second-order valence-corrected chi connectivity index (χ2v) is 6.36. The normalized spacial score (nSPS) is 19.5. The van der Waals surface area contributed by atoms with Crippen LogP contribution >= 0.6 is 0 Å². The van der Waals surface area contributed by atoms with Crippen LogP contribution in [0.3, 0.4) is 0 Å². The summed E-state index contributed by atoms with van der Waals surface area (Å²) in [5, 5.41) is 14.7. The summed E-state index contributed by atoms with van der Waals surface area (Å²) in [6, 6.07) is 7.48. The number of urea groups is 1. The van der Waals surface area contributed by atoms with Gasteiger partial charge < -0.3 is 15.7 Å². The lowest BCUT2D eigenvalue weighted by atomic mass is 9.99. The fourth-order valence-corrected chi connectivity index (χ4v) is 2.73. The van der Waals surface area contributed by atoms with E-state index in [0.29, 0.717) is 0 Å². The van der Waals surface area contributed by atoms with E-state index in [1.54, 1.807) is 0 Å². The number of amides is 4. The molecule has 136 valence electrons. The van der Waals surface area contributed by atoms with Crippen molar-refractivity contribution in [3.05, 3.63) is 35.9 Å². The van der Waals surface area contributed by atoms with Crippen molar-refractivity contribution in [2.45, 2.75) is 45.3 Å². The molecular weight excluding hydrogens is 322 g/mol.